The van der Waals surface area contributed by atoms with Crippen LogP contribution in [-0.4, -0.2) is 92.3 Å². The summed E-state index contributed by atoms with van der Waals surface area (Å²) in [6.07, 6.45) is 4.26. The summed E-state index contributed by atoms with van der Waals surface area (Å²) >= 11 is 1.96. The van der Waals surface area contributed by atoms with Crippen molar-refractivity contribution in [1.29, 1.82) is 0 Å². The molecule has 2 fully saturated rings. The van der Waals surface area contributed by atoms with Crippen LogP contribution in [0.1, 0.15) is 37.3 Å². The van der Waals surface area contributed by atoms with E-state index in [9.17, 15) is 4.79 Å². The summed E-state index contributed by atoms with van der Waals surface area (Å²) in [5.41, 5.74) is 0.606. The lowest BCUT2D eigenvalue weighted by atomic mass is 10.1. The van der Waals surface area contributed by atoms with Gasteiger partial charge in [-0.15, -0.1) is 0 Å². The number of piperazine rings is 1. The Kier molecular flexibility index (Phi) is 6.24. The van der Waals surface area contributed by atoms with Crippen molar-refractivity contribution >= 4 is 34.5 Å². The maximum Gasteiger partial charge on any atom is 0.291 e. The van der Waals surface area contributed by atoms with Crippen LogP contribution in [0.2, 0.25) is 0 Å². The minimum absolute atomic E-state index is 0.0746. The predicted molar refractivity (Wildman–Crippen MR) is 118 cm³/mol. The van der Waals surface area contributed by atoms with Gasteiger partial charge in [0.1, 0.15) is 5.82 Å². The lowest BCUT2D eigenvalue weighted by Crippen LogP contribution is -2.52. The largest absolute Gasteiger partial charge is 0.354 e. The molecule has 0 radical (unpaired) electrons. The highest BCUT2D eigenvalue weighted by Crippen LogP contribution is 2.26. The third-order valence-corrected chi connectivity index (χ3v) is 6.98. The molecule has 0 aromatic carbocycles. The molecular formula is C20H31N7OS. The summed E-state index contributed by atoms with van der Waals surface area (Å²) in [5.74, 6) is 3.21. The second kappa shape index (κ2) is 8.87. The van der Waals surface area contributed by atoms with Gasteiger partial charge in [-0.3, -0.25) is 14.4 Å². The fourth-order valence-electron chi connectivity index (χ4n) is 4.35. The quantitative estimate of drug-likeness (QED) is 0.735. The Morgan fingerprint density at radius 2 is 1.76 bits per heavy atom. The number of carbonyl (C=O) groups is 1. The second-order valence-electron chi connectivity index (χ2n) is 7.81. The summed E-state index contributed by atoms with van der Waals surface area (Å²) in [5, 5.41) is 5.39. The standard InChI is InChI=1S/C20H31N7OS/c1-4-15(5-2)25-6-8-27(9-7-25)20(28)18-21-17-16(14-24(3)23-17)19(22-18)26-10-12-29-13-11-26/h14-15H,4-13H2,1-3H3. The molecule has 0 spiro atoms. The van der Waals surface area contributed by atoms with Crippen LogP contribution in [0.25, 0.3) is 11.0 Å². The monoisotopic (exact) mass is 417 g/mol. The number of anilines is 1. The van der Waals surface area contributed by atoms with Crippen LogP contribution in [0.4, 0.5) is 5.82 Å². The third-order valence-electron chi connectivity index (χ3n) is 6.04. The molecule has 2 aliphatic rings. The zero-order chi connectivity index (χ0) is 20.4. The van der Waals surface area contributed by atoms with Crippen molar-refractivity contribution in [2.45, 2.75) is 32.7 Å². The summed E-state index contributed by atoms with van der Waals surface area (Å²) < 4.78 is 1.75. The second-order valence-corrected chi connectivity index (χ2v) is 9.03. The van der Waals surface area contributed by atoms with E-state index >= 15 is 0 Å². The molecule has 2 aromatic heterocycles. The number of amides is 1. The number of fused-ring (bicyclic) bond motifs is 1. The minimum atomic E-state index is -0.0746. The number of hydrogen-bond acceptors (Lipinski definition) is 7. The first kappa shape index (κ1) is 20.4. The molecule has 8 nitrogen and oxygen atoms in total. The Balaban J connectivity index is 1.56. The van der Waals surface area contributed by atoms with E-state index in [-0.39, 0.29) is 11.7 Å². The van der Waals surface area contributed by atoms with Gasteiger partial charge in [0.05, 0.1) is 5.39 Å². The average Bonchev–Trinajstić information content (AvgIpc) is 3.14. The van der Waals surface area contributed by atoms with Crippen LogP contribution in [0.3, 0.4) is 0 Å². The van der Waals surface area contributed by atoms with Gasteiger partial charge in [-0.2, -0.15) is 16.9 Å². The van der Waals surface area contributed by atoms with Crippen molar-refractivity contribution in [1.82, 2.24) is 29.5 Å². The summed E-state index contributed by atoms with van der Waals surface area (Å²) in [4.78, 5) is 29.2. The topological polar surface area (TPSA) is 70.4 Å². The molecule has 0 N–H and O–H groups in total. The van der Waals surface area contributed by atoms with Crippen LogP contribution in [0.5, 0.6) is 0 Å². The van der Waals surface area contributed by atoms with Gasteiger partial charge in [0.2, 0.25) is 5.82 Å². The van der Waals surface area contributed by atoms with Gasteiger partial charge in [0.15, 0.2) is 5.65 Å². The maximum absolute atomic E-state index is 13.2. The molecule has 2 saturated heterocycles. The highest BCUT2D eigenvalue weighted by molar-refractivity contribution is 7.99. The molecule has 29 heavy (non-hydrogen) atoms. The number of thioether (sulfide) groups is 1. The van der Waals surface area contributed by atoms with E-state index in [1.807, 2.05) is 29.9 Å². The van der Waals surface area contributed by atoms with Crippen LogP contribution >= 0.6 is 11.8 Å². The molecule has 4 heterocycles. The molecule has 2 aromatic rings. The zero-order valence-electron chi connectivity index (χ0n) is 17.7. The number of nitrogens with zero attached hydrogens (tertiary/aromatic N) is 7. The Bertz CT molecular complexity index is 852. The van der Waals surface area contributed by atoms with Crippen molar-refractivity contribution < 1.29 is 4.79 Å². The van der Waals surface area contributed by atoms with Gasteiger partial charge in [0, 0.05) is 70.1 Å². The summed E-state index contributed by atoms with van der Waals surface area (Å²) in [7, 11) is 1.89. The van der Waals surface area contributed by atoms with Crippen molar-refractivity contribution in [3.63, 3.8) is 0 Å². The number of rotatable bonds is 5. The minimum Gasteiger partial charge on any atom is -0.354 e. The van der Waals surface area contributed by atoms with Gasteiger partial charge < -0.3 is 9.80 Å². The fraction of sp³-hybridized carbons (Fsp3) is 0.700. The normalized spacial score (nSPS) is 18.8. The lowest BCUT2D eigenvalue weighted by Gasteiger charge is -2.38. The number of aromatic nitrogens is 4. The first-order valence-corrected chi connectivity index (χ1v) is 11.8. The third kappa shape index (κ3) is 4.21. The molecule has 1 amide bonds. The number of carbonyl (C=O) groups excluding carboxylic acids is 1. The molecule has 0 saturated carbocycles. The first-order chi connectivity index (χ1) is 14.1. The van der Waals surface area contributed by atoms with Gasteiger partial charge in [-0.1, -0.05) is 13.8 Å². The van der Waals surface area contributed by atoms with E-state index in [0.29, 0.717) is 11.7 Å². The van der Waals surface area contributed by atoms with Crippen molar-refractivity contribution in [3.8, 4) is 0 Å². The van der Waals surface area contributed by atoms with E-state index in [0.717, 1.165) is 74.8 Å². The fourth-order valence-corrected chi connectivity index (χ4v) is 5.25. The molecule has 4 rings (SSSR count). The molecule has 0 unspecified atom stereocenters. The van der Waals surface area contributed by atoms with E-state index in [4.69, 9.17) is 4.98 Å². The summed E-state index contributed by atoms with van der Waals surface area (Å²) in [6, 6.07) is 0.608. The molecule has 9 heteroatoms. The Morgan fingerprint density at radius 1 is 1.07 bits per heavy atom. The average molecular weight is 418 g/mol. The molecule has 2 aliphatic heterocycles. The van der Waals surface area contributed by atoms with Gasteiger partial charge in [-0.05, 0) is 12.8 Å². The summed E-state index contributed by atoms with van der Waals surface area (Å²) in [6.45, 7) is 9.65. The molecule has 0 atom stereocenters. The van der Waals surface area contributed by atoms with Crippen molar-refractivity contribution in [2.24, 2.45) is 7.05 Å². The highest BCUT2D eigenvalue weighted by atomic mass is 32.2. The molecule has 158 valence electrons. The van der Waals surface area contributed by atoms with E-state index in [1.165, 1.54) is 0 Å². The molecular weight excluding hydrogens is 386 g/mol. The Labute approximate surface area is 176 Å². The van der Waals surface area contributed by atoms with Crippen molar-refractivity contribution in [3.05, 3.63) is 12.0 Å². The van der Waals surface area contributed by atoms with Crippen LogP contribution < -0.4 is 4.90 Å². The van der Waals surface area contributed by atoms with Crippen LogP contribution in [-0.2, 0) is 7.05 Å². The van der Waals surface area contributed by atoms with Crippen LogP contribution in [0.15, 0.2) is 6.20 Å². The SMILES string of the molecule is CCC(CC)N1CCN(C(=O)c2nc(N3CCSCC3)c3cn(C)nc3n2)CC1. The Morgan fingerprint density at radius 3 is 2.41 bits per heavy atom. The first-order valence-electron chi connectivity index (χ1n) is 10.7. The predicted octanol–water partition coefficient (Wildman–Crippen LogP) is 1.86. The van der Waals surface area contributed by atoms with Gasteiger partial charge in [-0.25, -0.2) is 9.97 Å². The number of aryl methyl sites for hydroxylation is 1. The van der Waals surface area contributed by atoms with E-state index in [1.54, 1.807) is 4.68 Å². The van der Waals surface area contributed by atoms with Gasteiger partial charge in [0.25, 0.3) is 5.91 Å². The van der Waals surface area contributed by atoms with E-state index < -0.39 is 0 Å². The maximum atomic E-state index is 13.2. The van der Waals surface area contributed by atoms with E-state index in [2.05, 4.69) is 33.7 Å². The van der Waals surface area contributed by atoms with Crippen LogP contribution in [0, 0.1) is 0 Å². The molecule has 0 aliphatic carbocycles. The Hall–Kier alpha value is -1.87. The highest BCUT2D eigenvalue weighted by Gasteiger charge is 2.28. The van der Waals surface area contributed by atoms with Gasteiger partial charge >= 0.3 is 0 Å². The smallest absolute Gasteiger partial charge is 0.291 e. The lowest BCUT2D eigenvalue weighted by molar-refractivity contribution is 0.0549. The molecule has 0 bridgehead atoms. The number of hydrogen-bond donors (Lipinski definition) is 0. The van der Waals surface area contributed by atoms with Crippen molar-refractivity contribution in [2.75, 3.05) is 55.7 Å². The zero-order valence-corrected chi connectivity index (χ0v) is 18.5.